The molecule has 0 saturated carbocycles. The molecule has 136 valence electrons. The molecule has 0 aliphatic carbocycles. The first kappa shape index (κ1) is 18.3. The Morgan fingerprint density at radius 1 is 1.08 bits per heavy atom. The second-order valence-corrected chi connectivity index (χ2v) is 7.44. The number of ketones is 2. The highest BCUT2D eigenvalue weighted by Crippen LogP contribution is 2.30. The van der Waals surface area contributed by atoms with E-state index in [4.69, 9.17) is 0 Å². The third-order valence-electron chi connectivity index (χ3n) is 5.72. The number of aryl methyl sites for hydroxylation is 1. The first-order chi connectivity index (χ1) is 12.1. The lowest BCUT2D eigenvalue weighted by molar-refractivity contribution is -0.120. The Balaban J connectivity index is 1.44. The number of fused-ring (bicyclic) bond motifs is 2. The number of carbonyl (C=O) groups is 2. The maximum absolute atomic E-state index is 11.8. The van der Waals surface area contributed by atoms with Crippen molar-refractivity contribution in [2.24, 2.45) is 0 Å². The van der Waals surface area contributed by atoms with E-state index in [-0.39, 0.29) is 5.78 Å². The van der Waals surface area contributed by atoms with Crippen LogP contribution in [-0.2, 0) is 11.2 Å². The van der Waals surface area contributed by atoms with E-state index < -0.39 is 0 Å². The number of hydrogen-bond acceptors (Lipinski definition) is 4. The summed E-state index contributed by atoms with van der Waals surface area (Å²) in [7, 11) is 0. The van der Waals surface area contributed by atoms with E-state index in [1.54, 1.807) is 0 Å². The molecular weight excluding hydrogens is 312 g/mol. The lowest BCUT2D eigenvalue weighted by atomic mass is 10.0. The molecule has 2 aliphatic rings. The minimum atomic E-state index is 0.223. The number of Topliss-reactive ketones (excluding diaryl/α,β-unsaturated/α-hetero) is 2. The van der Waals surface area contributed by atoms with E-state index >= 15 is 0 Å². The average Bonchev–Trinajstić information content (AvgIpc) is 3.21. The molecule has 2 heterocycles. The number of hydrogen-bond donors (Lipinski definition) is 0. The molecule has 2 fully saturated rings. The van der Waals surface area contributed by atoms with Crippen LogP contribution in [0.3, 0.4) is 0 Å². The molecule has 4 heteroatoms. The molecule has 1 aromatic rings. The van der Waals surface area contributed by atoms with Crippen molar-refractivity contribution in [3.05, 3.63) is 35.4 Å². The SMILES string of the molecule is CCC(=O)CN1C[C@@H]2CC1CN2CCCc1cccc(C(=O)CC)c1. The molecule has 0 radical (unpaired) electrons. The van der Waals surface area contributed by atoms with E-state index in [0.29, 0.717) is 37.3 Å². The second-order valence-electron chi connectivity index (χ2n) is 7.44. The van der Waals surface area contributed by atoms with Gasteiger partial charge in [0.25, 0.3) is 0 Å². The molecule has 2 saturated heterocycles. The largest absolute Gasteiger partial charge is 0.298 e. The molecule has 2 aliphatic heterocycles. The summed E-state index contributed by atoms with van der Waals surface area (Å²) in [4.78, 5) is 28.5. The minimum absolute atomic E-state index is 0.223. The van der Waals surface area contributed by atoms with Crippen molar-refractivity contribution in [1.29, 1.82) is 0 Å². The minimum Gasteiger partial charge on any atom is -0.298 e. The van der Waals surface area contributed by atoms with Gasteiger partial charge in [-0.05, 0) is 37.4 Å². The van der Waals surface area contributed by atoms with Gasteiger partial charge in [0.05, 0.1) is 6.54 Å². The summed E-state index contributed by atoms with van der Waals surface area (Å²) >= 11 is 0. The summed E-state index contributed by atoms with van der Waals surface area (Å²) in [6.45, 7) is 7.78. The fraction of sp³-hybridized carbons (Fsp3) is 0.619. The molecule has 0 N–H and O–H groups in total. The predicted octanol–water partition coefficient (Wildman–Crippen LogP) is 2.95. The zero-order valence-electron chi connectivity index (χ0n) is 15.5. The molecule has 0 spiro atoms. The fourth-order valence-corrected chi connectivity index (χ4v) is 4.23. The normalized spacial score (nSPS) is 23.3. The maximum Gasteiger partial charge on any atom is 0.162 e. The molecule has 4 nitrogen and oxygen atoms in total. The van der Waals surface area contributed by atoms with Crippen LogP contribution in [0.4, 0.5) is 0 Å². The van der Waals surface area contributed by atoms with Crippen LogP contribution in [0.25, 0.3) is 0 Å². The van der Waals surface area contributed by atoms with Crippen LogP contribution >= 0.6 is 0 Å². The van der Waals surface area contributed by atoms with Crippen LogP contribution < -0.4 is 0 Å². The van der Waals surface area contributed by atoms with Gasteiger partial charge in [0.1, 0.15) is 5.78 Å². The Morgan fingerprint density at radius 3 is 2.52 bits per heavy atom. The molecule has 2 atom stereocenters. The van der Waals surface area contributed by atoms with Crippen molar-refractivity contribution >= 4 is 11.6 Å². The summed E-state index contributed by atoms with van der Waals surface area (Å²) < 4.78 is 0. The van der Waals surface area contributed by atoms with Crippen LogP contribution in [-0.4, -0.2) is 59.6 Å². The molecule has 0 amide bonds. The molecule has 1 aromatic carbocycles. The number of likely N-dealkylation sites (tertiary alicyclic amines) is 2. The van der Waals surface area contributed by atoms with Gasteiger partial charge in [0.2, 0.25) is 0 Å². The third kappa shape index (κ3) is 4.36. The Hall–Kier alpha value is -1.52. The zero-order chi connectivity index (χ0) is 17.8. The van der Waals surface area contributed by atoms with Crippen molar-refractivity contribution in [2.75, 3.05) is 26.2 Å². The molecular formula is C21H30N2O2. The van der Waals surface area contributed by atoms with Crippen LogP contribution in [0.15, 0.2) is 24.3 Å². The Labute approximate surface area is 151 Å². The number of carbonyl (C=O) groups excluding carboxylic acids is 2. The Kier molecular flexibility index (Phi) is 6.02. The van der Waals surface area contributed by atoms with Gasteiger partial charge in [-0.25, -0.2) is 0 Å². The number of benzene rings is 1. The van der Waals surface area contributed by atoms with Gasteiger partial charge in [-0.3, -0.25) is 19.4 Å². The van der Waals surface area contributed by atoms with Gasteiger partial charge in [-0.15, -0.1) is 0 Å². The fourth-order valence-electron chi connectivity index (χ4n) is 4.23. The first-order valence-electron chi connectivity index (χ1n) is 9.72. The molecule has 1 unspecified atom stereocenters. The van der Waals surface area contributed by atoms with Gasteiger partial charge < -0.3 is 0 Å². The van der Waals surface area contributed by atoms with Crippen LogP contribution in [0.2, 0.25) is 0 Å². The number of nitrogens with zero attached hydrogens (tertiary/aromatic N) is 2. The summed E-state index contributed by atoms with van der Waals surface area (Å²) in [6.07, 6.45) is 4.59. The van der Waals surface area contributed by atoms with Crippen LogP contribution in [0, 0.1) is 0 Å². The van der Waals surface area contributed by atoms with Crippen LogP contribution in [0.5, 0.6) is 0 Å². The summed E-state index contributed by atoms with van der Waals surface area (Å²) in [5, 5.41) is 0. The Bertz CT molecular complexity index is 628. The predicted molar refractivity (Wildman–Crippen MR) is 100 cm³/mol. The van der Waals surface area contributed by atoms with Crippen molar-refractivity contribution < 1.29 is 9.59 Å². The molecule has 3 rings (SSSR count). The van der Waals surface area contributed by atoms with Crippen molar-refractivity contribution in [1.82, 2.24) is 9.80 Å². The zero-order valence-corrected chi connectivity index (χ0v) is 15.5. The molecule has 25 heavy (non-hydrogen) atoms. The van der Waals surface area contributed by atoms with Gasteiger partial charge in [-0.1, -0.05) is 32.0 Å². The van der Waals surface area contributed by atoms with Crippen molar-refractivity contribution in [2.45, 2.75) is 58.0 Å². The highest BCUT2D eigenvalue weighted by atomic mass is 16.1. The van der Waals surface area contributed by atoms with Crippen LogP contribution in [0.1, 0.15) is 55.5 Å². The smallest absolute Gasteiger partial charge is 0.162 e. The van der Waals surface area contributed by atoms with Gasteiger partial charge in [0.15, 0.2) is 5.78 Å². The van der Waals surface area contributed by atoms with E-state index in [2.05, 4.69) is 21.9 Å². The van der Waals surface area contributed by atoms with E-state index in [0.717, 1.165) is 38.0 Å². The lowest BCUT2D eigenvalue weighted by Gasteiger charge is -2.33. The highest BCUT2D eigenvalue weighted by Gasteiger charge is 2.42. The maximum atomic E-state index is 11.8. The summed E-state index contributed by atoms with van der Waals surface area (Å²) in [6, 6.07) is 9.30. The molecule has 2 bridgehead atoms. The molecule has 0 aromatic heterocycles. The van der Waals surface area contributed by atoms with Crippen molar-refractivity contribution in [3.63, 3.8) is 0 Å². The van der Waals surface area contributed by atoms with E-state index in [1.165, 1.54) is 12.0 Å². The number of rotatable bonds is 9. The summed E-state index contributed by atoms with van der Waals surface area (Å²) in [5.74, 6) is 0.584. The second kappa shape index (κ2) is 8.24. The van der Waals surface area contributed by atoms with Gasteiger partial charge in [0, 0.05) is 43.6 Å². The number of piperazine rings is 1. The van der Waals surface area contributed by atoms with E-state index in [1.807, 2.05) is 26.0 Å². The topological polar surface area (TPSA) is 40.6 Å². The van der Waals surface area contributed by atoms with Gasteiger partial charge >= 0.3 is 0 Å². The monoisotopic (exact) mass is 342 g/mol. The Morgan fingerprint density at radius 2 is 1.84 bits per heavy atom. The first-order valence-corrected chi connectivity index (χ1v) is 9.72. The third-order valence-corrected chi connectivity index (χ3v) is 5.72. The highest BCUT2D eigenvalue weighted by molar-refractivity contribution is 5.95. The standard InChI is InChI=1S/C21H30N2O2/c1-3-20(24)15-23-14-18-12-19(23)13-22(18)10-6-8-16-7-5-9-17(11-16)21(25)4-2/h5,7,9,11,18-19H,3-4,6,8,10,12-15H2,1-2H3/t18-,19?/m0/s1. The lowest BCUT2D eigenvalue weighted by Crippen LogP contribution is -2.48. The average molecular weight is 342 g/mol. The van der Waals surface area contributed by atoms with Crippen molar-refractivity contribution in [3.8, 4) is 0 Å². The van der Waals surface area contributed by atoms with Gasteiger partial charge in [-0.2, -0.15) is 0 Å². The van der Waals surface area contributed by atoms with E-state index in [9.17, 15) is 9.59 Å². The summed E-state index contributed by atoms with van der Waals surface area (Å²) in [5.41, 5.74) is 2.11. The quantitative estimate of drug-likeness (QED) is 0.647.